The van der Waals surface area contributed by atoms with Crippen LogP contribution in [-0.4, -0.2) is 16.0 Å². The molecule has 1 aliphatic rings. The maximum atomic E-state index is 5.76. The average molecular weight is 220 g/mol. The van der Waals surface area contributed by atoms with E-state index in [1.54, 1.807) is 0 Å². The summed E-state index contributed by atoms with van der Waals surface area (Å²) in [6, 6.07) is 0.514. The van der Waals surface area contributed by atoms with Gasteiger partial charge >= 0.3 is 0 Å². The highest BCUT2D eigenvalue weighted by molar-refractivity contribution is 5.54. The Labute approximate surface area is 96.7 Å². The summed E-state index contributed by atoms with van der Waals surface area (Å²) in [6.45, 7) is 4.17. The molecule has 0 saturated heterocycles. The second-order valence-corrected chi connectivity index (χ2v) is 4.66. The number of nitrogens with two attached hydrogens (primary N) is 1. The number of nitrogen functional groups attached to an aromatic ring is 1. The lowest BCUT2D eigenvalue weighted by Gasteiger charge is -2.18. The van der Waals surface area contributed by atoms with E-state index in [2.05, 4.69) is 22.2 Å². The van der Waals surface area contributed by atoms with Crippen LogP contribution in [0.1, 0.15) is 38.2 Å². The van der Waals surface area contributed by atoms with E-state index in [0.29, 0.717) is 11.9 Å². The minimum atomic E-state index is 0.514. The average Bonchev–Trinajstić information content (AvgIpc) is 3.07. The molecule has 1 aliphatic carbocycles. The lowest BCUT2D eigenvalue weighted by atomic mass is 10.1. The second kappa shape index (κ2) is 4.68. The number of hydrogen-bond acceptors (Lipinski definition) is 4. The van der Waals surface area contributed by atoms with Crippen molar-refractivity contribution in [2.75, 3.05) is 11.1 Å². The summed E-state index contributed by atoms with van der Waals surface area (Å²) in [6.07, 6.45) is 6.68. The van der Waals surface area contributed by atoms with Gasteiger partial charge in [-0.15, -0.1) is 0 Å². The molecule has 1 saturated carbocycles. The van der Waals surface area contributed by atoms with Crippen molar-refractivity contribution in [3.63, 3.8) is 0 Å². The van der Waals surface area contributed by atoms with Crippen molar-refractivity contribution in [1.82, 2.24) is 9.97 Å². The van der Waals surface area contributed by atoms with Crippen LogP contribution in [0.15, 0.2) is 6.33 Å². The minimum absolute atomic E-state index is 0.514. The van der Waals surface area contributed by atoms with Gasteiger partial charge in [0.15, 0.2) is 0 Å². The molecule has 1 atom stereocenters. The number of aromatic nitrogens is 2. The Kier molecular flexibility index (Phi) is 3.27. The van der Waals surface area contributed by atoms with Gasteiger partial charge in [0, 0.05) is 11.6 Å². The van der Waals surface area contributed by atoms with Gasteiger partial charge in [-0.2, -0.15) is 0 Å². The van der Waals surface area contributed by atoms with Crippen molar-refractivity contribution in [3.05, 3.63) is 11.9 Å². The first-order valence-corrected chi connectivity index (χ1v) is 6.04. The van der Waals surface area contributed by atoms with Gasteiger partial charge in [-0.1, -0.05) is 19.8 Å². The molecule has 1 fully saturated rings. The van der Waals surface area contributed by atoms with Crippen LogP contribution in [0.25, 0.3) is 0 Å². The molecule has 3 N–H and O–H groups in total. The quantitative estimate of drug-likeness (QED) is 0.799. The van der Waals surface area contributed by atoms with Crippen LogP contribution >= 0.6 is 0 Å². The summed E-state index contributed by atoms with van der Waals surface area (Å²) in [4.78, 5) is 8.22. The van der Waals surface area contributed by atoms with E-state index in [4.69, 9.17) is 5.73 Å². The largest absolute Gasteiger partial charge is 0.383 e. The summed E-state index contributed by atoms with van der Waals surface area (Å²) in [5.41, 5.74) is 6.72. The van der Waals surface area contributed by atoms with Crippen LogP contribution < -0.4 is 11.1 Å². The lowest BCUT2D eigenvalue weighted by molar-refractivity contribution is 0.584. The molecule has 1 aromatic rings. The Bertz CT molecular complexity index is 360. The van der Waals surface area contributed by atoms with Crippen LogP contribution in [0, 0.1) is 12.8 Å². The maximum Gasteiger partial charge on any atom is 0.134 e. The highest BCUT2D eigenvalue weighted by Gasteiger charge is 2.25. The van der Waals surface area contributed by atoms with Gasteiger partial charge in [0.2, 0.25) is 0 Å². The molecular formula is C12H20N4. The van der Waals surface area contributed by atoms with Crippen molar-refractivity contribution < 1.29 is 0 Å². The minimum Gasteiger partial charge on any atom is -0.383 e. The zero-order valence-electron chi connectivity index (χ0n) is 10.0. The molecule has 0 radical (unpaired) electrons. The van der Waals surface area contributed by atoms with Crippen molar-refractivity contribution in [2.45, 2.75) is 45.6 Å². The van der Waals surface area contributed by atoms with Gasteiger partial charge in [-0.3, -0.25) is 0 Å². The zero-order valence-corrected chi connectivity index (χ0v) is 10.0. The third kappa shape index (κ3) is 2.62. The SMILES string of the molecule is CCC(CC1CC1)Nc1ncnc(N)c1C. The number of nitrogens with one attached hydrogen (secondary N) is 1. The monoisotopic (exact) mass is 220 g/mol. The van der Waals surface area contributed by atoms with Gasteiger partial charge in [0.05, 0.1) is 0 Å². The van der Waals surface area contributed by atoms with Crippen molar-refractivity contribution >= 4 is 11.6 Å². The Hall–Kier alpha value is -1.32. The Morgan fingerprint density at radius 1 is 1.50 bits per heavy atom. The fraction of sp³-hybridized carbons (Fsp3) is 0.667. The van der Waals surface area contributed by atoms with Crippen LogP contribution in [0.5, 0.6) is 0 Å². The van der Waals surface area contributed by atoms with E-state index in [0.717, 1.165) is 23.7 Å². The number of nitrogens with zero attached hydrogens (tertiary/aromatic N) is 2. The van der Waals surface area contributed by atoms with E-state index in [-0.39, 0.29) is 0 Å². The molecule has 0 bridgehead atoms. The maximum absolute atomic E-state index is 5.76. The van der Waals surface area contributed by atoms with E-state index >= 15 is 0 Å². The first-order chi connectivity index (χ1) is 7.70. The molecule has 1 unspecified atom stereocenters. The third-order valence-electron chi connectivity index (χ3n) is 3.27. The fourth-order valence-corrected chi connectivity index (χ4v) is 1.89. The molecule has 4 heteroatoms. The molecule has 1 heterocycles. The topological polar surface area (TPSA) is 63.8 Å². The van der Waals surface area contributed by atoms with Gasteiger partial charge in [-0.05, 0) is 25.7 Å². The van der Waals surface area contributed by atoms with Crippen LogP contribution in [0.4, 0.5) is 11.6 Å². The fourth-order valence-electron chi connectivity index (χ4n) is 1.89. The Balaban J connectivity index is 2.02. The summed E-state index contributed by atoms with van der Waals surface area (Å²) in [7, 11) is 0. The molecular weight excluding hydrogens is 200 g/mol. The van der Waals surface area contributed by atoms with Gasteiger partial charge in [0.1, 0.15) is 18.0 Å². The first-order valence-electron chi connectivity index (χ1n) is 6.04. The predicted molar refractivity (Wildman–Crippen MR) is 66.2 cm³/mol. The van der Waals surface area contributed by atoms with E-state index in [1.165, 1.54) is 25.6 Å². The molecule has 88 valence electrons. The van der Waals surface area contributed by atoms with E-state index < -0.39 is 0 Å². The highest BCUT2D eigenvalue weighted by atomic mass is 15.1. The second-order valence-electron chi connectivity index (χ2n) is 4.66. The Morgan fingerprint density at radius 2 is 2.25 bits per heavy atom. The molecule has 2 rings (SSSR count). The highest BCUT2D eigenvalue weighted by Crippen LogP contribution is 2.34. The van der Waals surface area contributed by atoms with Crippen molar-refractivity contribution in [1.29, 1.82) is 0 Å². The molecule has 0 aliphatic heterocycles. The van der Waals surface area contributed by atoms with Crippen molar-refractivity contribution in [2.24, 2.45) is 5.92 Å². The van der Waals surface area contributed by atoms with Crippen LogP contribution in [0.3, 0.4) is 0 Å². The molecule has 0 amide bonds. The molecule has 0 aromatic carbocycles. The number of hydrogen-bond donors (Lipinski definition) is 2. The first kappa shape index (κ1) is 11.2. The van der Waals surface area contributed by atoms with Gasteiger partial charge in [-0.25, -0.2) is 9.97 Å². The normalized spacial score (nSPS) is 17.1. The predicted octanol–water partition coefficient (Wildman–Crippen LogP) is 2.36. The van der Waals surface area contributed by atoms with Crippen molar-refractivity contribution in [3.8, 4) is 0 Å². The summed E-state index contributed by atoms with van der Waals surface area (Å²) in [5, 5.41) is 3.48. The molecule has 1 aromatic heterocycles. The number of anilines is 2. The molecule has 16 heavy (non-hydrogen) atoms. The zero-order chi connectivity index (χ0) is 11.5. The lowest BCUT2D eigenvalue weighted by Crippen LogP contribution is -2.21. The third-order valence-corrected chi connectivity index (χ3v) is 3.27. The van der Waals surface area contributed by atoms with Crippen LogP contribution in [0.2, 0.25) is 0 Å². The van der Waals surface area contributed by atoms with E-state index in [1.807, 2.05) is 6.92 Å². The van der Waals surface area contributed by atoms with Crippen LogP contribution in [-0.2, 0) is 0 Å². The standard InChI is InChI=1S/C12H20N4/c1-3-10(6-9-4-5-9)16-12-8(2)11(13)14-7-15-12/h7,9-10H,3-6H2,1-2H3,(H3,13,14,15,16). The van der Waals surface area contributed by atoms with Gasteiger partial charge in [0.25, 0.3) is 0 Å². The summed E-state index contributed by atoms with van der Waals surface area (Å²) >= 11 is 0. The molecule has 0 spiro atoms. The Morgan fingerprint density at radius 3 is 2.88 bits per heavy atom. The number of rotatable bonds is 5. The summed E-state index contributed by atoms with van der Waals surface area (Å²) in [5.74, 6) is 2.38. The smallest absolute Gasteiger partial charge is 0.134 e. The van der Waals surface area contributed by atoms with E-state index in [9.17, 15) is 0 Å². The van der Waals surface area contributed by atoms with Gasteiger partial charge < -0.3 is 11.1 Å². The summed E-state index contributed by atoms with van der Waals surface area (Å²) < 4.78 is 0. The molecule has 4 nitrogen and oxygen atoms in total.